The number of methoxy groups -OCH3 is 8. The van der Waals surface area contributed by atoms with E-state index in [1.54, 1.807) is 81.1 Å². The molecule has 0 aromatic heterocycles. The molecular weight excluding hydrogens is 1730 g/mol. The van der Waals surface area contributed by atoms with Gasteiger partial charge in [-0.05, 0) is 166 Å². The quantitative estimate of drug-likeness (QED) is 0.0116. The maximum absolute atomic E-state index is 14.6. The van der Waals surface area contributed by atoms with Crippen LogP contribution in [0.3, 0.4) is 0 Å². The van der Waals surface area contributed by atoms with Crippen molar-refractivity contribution >= 4 is 80.8 Å². The first-order chi connectivity index (χ1) is 66.2. The van der Waals surface area contributed by atoms with Crippen LogP contribution in [0, 0.1) is 13.8 Å². The van der Waals surface area contributed by atoms with Crippen LogP contribution in [0.5, 0.6) is 57.5 Å². The number of fused-ring (bicyclic) bond motifs is 4. The van der Waals surface area contributed by atoms with Crippen molar-refractivity contribution in [3.05, 3.63) is 203 Å². The molecule has 2 amide bonds. The van der Waals surface area contributed by atoms with Crippen molar-refractivity contribution in [2.24, 2.45) is 20.5 Å². The zero-order valence-electron chi connectivity index (χ0n) is 81.6. The number of hydrogen-bond donors (Lipinski definition) is 0. The van der Waals surface area contributed by atoms with E-state index < -0.39 is 12.9 Å². The Morgan fingerprint density at radius 2 is 0.728 bits per heavy atom. The van der Waals surface area contributed by atoms with Crippen molar-refractivity contribution in [1.82, 2.24) is 28.8 Å². The fourth-order valence-corrected chi connectivity index (χ4v) is 17.6. The molecule has 0 radical (unpaired) electrons. The predicted octanol–water partition coefficient (Wildman–Crippen LogP) is 16.4. The molecule has 0 unspecified atom stereocenters. The number of carbonyl (C=O) groups excluding carboxylic acids is 4. The summed E-state index contributed by atoms with van der Waals surface area (Å²) in [6.07, 6.45) is 1.56. The Hall–Kier alpha value is -14.3. The number of amides is 2. The summed E-state index contributed by atoms with van der Waals surface area (Å²) in [5.41, 5.74) is 14.9. The maximum atomic E-state index is 14.6. The highest BCUT2D eigenvalue weighted by molar-refractivity contribution is 6.11. The third-order valence-electron chi connectivity index (χ3n) is 24.8. The average Bonchev–Trinajstić information content (AvgIpc) is 0.744. The first kappa shape index (κ1) is 102. The van der Waals surface area contributed by atoms with Crippen LogP contribution >= 0.6 is 0 Å². The Morgan fingerprint density at radius 3 is 1.04 bits per heavy atom. The minimum absolute atomic E-state index is 0.0342. The van der Waals surface area contributed by atoms with Crippen LogP contribution in [0.4, 0.5) is 34.1 Å². The SMILES string of the molecule is CCN(CC)c1ccc2c(-c3ccccc3C(=O)N3CCN(CCCOc4c(N=Nc5cc(OC)c(OC)c(OC)c5)ccc(OC)c4C)CC3)c3ccc(=[N+](CC)CC)cc-3oc2c1.CCN(CC)c1ccc2c(-c3ccccc3C(=O)N3CCN(CCCOc4c(N=Nc5cc(OC)c(OC)c(OC)c5)ccc(OC)c4C)CC3)c3ccc(=[N+](CC)CC)cc-3oc2c1.O=C[O-].O=C[O-]. The number of carboxylic acid groups (broad SMARTS) is 2. The van der Waals surface area contributed by atoms with Gasteiger partial charge in [0.25, 0.3) is 11.8 Å². The number of rotatable bonds is 36. The maximum Gasteiger partial charge on any atom is 0.254 e. The van der Waals surface area contributed by atoms with Gasteiger partial charge in [0.2, 0.25) is 22.2 Å². The van der Waals surface area contributed by atoms with Crippen molar-refractivity contribution in [1.29, 1.82) is 0 Å². The summed E-state index contributed by atoms with van der Waals surface area (Å²) in [5.74, 6) is 7.18. The smallest absolute Gasteiger partial charge is 0.254 e. The van der Waals surface area contributed by atoms with Crippen LogP contribution in [0.15, 0.2) is 199 Å². The van der Waals surface area contributed by atoms with Gasteiger partial charge in [-0.15, -0.1) is 10.2 Å². The fourth-order valence-electron chi connectivity index (χ4n) is 17.6. The molecule has 8 aromatic carbocycles. The summed E-state index contributed by atoms with van der Waals surface area (Å²) in [6, 6.07) is 56.3. The molecule has 0 atom stereocenters. The van der Waals surface area contributed by atoms with Gasteiger partial charge in [-0.2, -0.15) is 10.2 Å². The van der Waals surface area contributed by atoms with Crippen LogP contribution in [0.1, 0.15) is 100 Å². The highest BCUT2D eigenvalue weighted by atomic mass is 16.5. The van der Waals surface area contributed by atoms with Crippen LogP contribution in [-0.4, -0.2) is 232 Å². The summed E-state index contributed by atoms with van der Waals surface area (Å²) in [7, 11) is 12.6. The number of carbonyl (C=O) groups is 4. The van der Waals surface area contributed by atoms with E-state index in [0.717, 1.165) is 205 Å². The van der Waals surface area contributed by atoms with Gasteiger partial charge in [0.05, 0.1) is 93.6 Å². The minimum atomic E-state index is -0.500. The van der Waals surface area contributed by atoms with Crippen molar-refractivity contribution in [2.45, 2.75) is 82.1 Å². The second kappa shape index (κ2) is 50.2. The van der Waals surface area contributed by atoms with E-state index >= 15 is 0 Å². The second-order valence-electron chi connectivity index (χ2n) is 32.0. The third-order valence-corrected chi connectivity index (χ3v) is 24.8. The fraction of sp³-hybridized carbons (Fsp3) is 0.377. The molecule has 2 aliphatic carbocycles. The van der Waals surface area contributed by atoms with Gasteiger partial charge in [-0.1, -0.05) is 36.4 Å². The van der Waals surface area contributed by atoms with Gasteiger partial charge in [0.1, 0.15) is 71.7 Å². The summed E-state index contributed by atoms with van der Waals surface area (Å²) in [5, 5.41) is 38.8. The summed E-state index contributed by atoms with van der Waals surface area (Å²) >= 11 is 0. The molecule has 4 heterocycles. The molecule has 6 aliphatic rings. The van der Waals surface area contributed by atoms with Crippen LogP contribution in [0.25, 0.3) is 66.8 Å². The van der Waals surface area contributed by atoms with Gasteiger partial charge in [0, 0.05) is 220 Å². The Kier molecular flexibility index (Phi) is 37.7. The van der Waals surface area contributed by atoms with E-state index in [2.05, 4.69) is 190 Å². The molecule has 30 heteroatoms. The van der Waals surface area contributed by atoms with Crippen molar-refractivity contribution in [2.75, 3.05) is 198 Å². The lowest BCUT2D eigenvalue weighted by atomic mass is 9.90. The molecule has 0 N–H and O–H groups in total. The van der Waals surface area contributed by atoms with Crippen molar-refractivity contribution in [3.63, 3.8) is 0 Å². The molecule has 14 rings (SSSR count). The first-order valence-electron chi connectivity index (χ1n) is 46.3. The number of nitrogens with zero attached hydrogens (tertiary/aromatic N) is 12. The zero-order chi connectivity index (χ0) is 97.5. The first-order valence-corrected chi connectivity index (χ1v) is 46.3. The lowest BCUT2D eigenvalue weighted by Crippen LogP contribution is -2.49. The van der Waals surface area contributed by atoms with Crippen LogP contribution in [0.2, 0.25) is 0 Å². The Morgan fingerprint density at radius 1 is 0.390 bits per heavy atom. The highest BCUT2D eigenvalue weighted by Gasteiger charge is 2.32. The van der Waals surface area contributed by atoms with E-state index in [0.29, 0.717) is 131 Å². The van der Waals surface area contributed by atoms with Gasteiger partial charge in [0.15, 0.2) is 34.5 Å². The summed E-state index contributed by atoms with van der Waals surface area (Å²) in [4.78, 5) is 59.1. The third kappa shape index (κ3) is 23.9. The largest absolute Gasteiger partial charge is 0.554 e. The lowest BCUT2D eigenvalue weighted by molar-refractivity contribution is -0.284. The zero-order valence-corrected chi connectivity index (χ0v) is 81.6. The number of piperazine rings is 2. The van der Waals surface area contributed by atoms with Crippen molar-refractivity contribution < 1.29 is 85.6 Å². The normalized spacial score (nSPS) is 12.7. The number of ether oxygens (including phenoxy) is 10. The number of benzene rings is 10. The molecule has 2 saturated heterocycles. The molecular formula is C106H128N12O18. The second-order valence-corrected chi connectivity index (χ2v) is 32.0. The predicted molar refractivity (Wildman–Crippen MR) is 529 cm³/mol. The Labute approximate surface area is 796 Å². The van der Waals surface area contributed by atoms with Crippen LogP contribution in [-0.2, 0) is 9.59 Å². The van der Waals surface area contributed by atoms with Crippen molar-refractivity contribution in [3.8, 4) is 102 Å². The van der Waals surface area contributed by atoms with E-state index in [1.807, 2.05) is 84.3 Å². The Balaban J connectivity index is 0.000000247. The molecule has 136 heavy (non-hydrogen) atoms. The standard InChI is InChI=1S/2C52H63N6O7.2CH2O2/c2*1-10-56(11-2)37-19-21-41-45(33-37)65-46-34-38(57(12-3)13-4)20-22-42(46)49(41)39-17-14-15-18-40(39)52(59)58-28-26-55(27-29-58)25-16-30-64-50-35(5)44(60-6)24-23-43(50)54-53-36-31-47(61-7)51(63-9)48(32-36)62-8;2*2-1-3/h2*14-15,17-24,31-34H,10-13,16,25-30H2,1-9H3;2*1H,(H,2,3)/q2*+1;;/p-2. The Bertz CT molecular complexity index is 5790. The lowest BCUT2D eigenvalue weighted by Gasteiger charge is -2.35. The molecule has 720 valence electrons. The molecule has 0 saturated carbocycles. The van der Waals surface area contributed by atoms with Gasteiger partial charge in [-0.3, -0.25) is 19.4 Å². The van der Waals surface area contributed by atoms with Gasteiger partial charge >= 0.3 is 0 Å². The van der Waals surface area contributed by atoms with E-state index in [4.69, 9.17) is 76.0 Å². The van der Waals surface area contributed by atoms with E-state index in [9.17, 15) is 9.59 Å². The molecule has 0 bridgehead atoms. The van der Waals surface area contributed by atoms with Gasteiger partial charge < -0.3 is 95.6 Å². The monoisotopic (exact) mass is 1860 g/mol. The van der Waals surface area contributed by atoms with Crippen LogP contribution < -0.4 is 87.2 Å². The summed E-state index contributed by atoms with van der Waals surface area (Å²) < 4.78 is 75.1. The number of azo groups is 2. The molecule has 8 aromatic rings. The molecule has 30 nitrogen and oxygen atoms in total. The van der Waals surface area contributed by atoms with E-state index in [-0.39, 0.29) is 11.8 Å². The topological polar surface area (TPSA) is 308 Å². The number of hydrogen-bond acceptors (Lipinski definition) is 26. The molecule has 4 aliphatic heterocycles. The van der Waals surface area contributed by atoms with E-state index in [1.165, 1.54) is 0 Å². The summed E-state index contributed by atoms with van der Waals surface area (Å²) in [6.45, 7) is 35.5. The molecule has 0 spiro atoms. The average molecular weight is 1860 g/mol. The molecule has 2 fully saturated rings. The minimum Gasteiger partial charge on any atom is -0.554 e. The number of anilines is 2. The van der Waals surface area contributed by atoms with Gasteiger partial charge in [-0.25, -0.2) is 9.15 Å². The highest BCUT2D eigenvalue weighted by Crippen LogP contribution is 2.48.